The zero-order valence-electron chi connectivity index (χ0n) is 6.97. The summed E-state index contributed by atoms with van der Waals surface area (Å²) in [5.41, 5.74) is 0.378. The fraction of sp³-hybridized carbons (Fsp3) is 0.100. The number of thiophene rings is 1. The topological polar surface area (TPSA) is 23.8 Å². The molecule has 1 nitrogen and oxygen atoms in total. The van der Waals surface area contributed by atoms with Gasteiger partial charge in [0, 0.05) is 4.88 Å². The first-order valence-corrected chi connectivity index (χ1v) is 4.62. The van der Waals surface area contributed by atoms with E-state index in [1.54, 1.807) is 6.07 Å². The summed E-state index contributed by atoms with van der Waals surface area (Å²) < 4.78 is 13.9. The number of nitriles is 1. The molecule has 1 aromatic carbocycles. The van der Waals surface area contributed by atoms with Crippen molar-refractivity contribution in [3.05, 3.63) is 34.5 Å². The van der Waals surface area contributed by atoms with Crippen LogP contribution in [0.4, 0.5) is 4.39 Å². The number of halogens is 1. The maximum atomic E-state index is 13.3. The Kier molecular flexibility index (Phi) is 1.78. The number of benzene rings is 1. The van der Waals surface area contributed by atoms with Gasteiger partial charge in [0.25, 0.3) is 0 Å². The van der Waals surface area contributed by atoms with Crippen LogP contribution < -0.4 is 0 Å². The Bertz CT molecular complexity index is 507. The Hall–Kier alpha value is -1.40. The van der Waals surface area contributed by atoms with E-state index in [1.807, 2.05) is 19.1 Å². The van der Waals surface area contributed by atoms with Crippen molar-refractivity contribution in [3.8, 4) is 6.07 Å². The van der Waals surface area contributed by atoms with Crippen LogP contribution in [0, 0.1) is 24.1 Å². The van der Waals surface area contributed by atoms with Crippen molar-refractivity contribution in [2.75, 3.05) is 0 Å². The Morgan fingerprint density at radius 1 is 1.38 bits per heavy atom. The molecule has 1 aromatic heterocycles. The predicted molar refractivity (Wildman–Crippen MR) is 51.2 cm³/mol. The lowest BCUT2D eigenvalue weighted by Crippen LogP contribution is -1.77. The first-order chi connectivity index (χ1) is 6.20. The lowest BCUT2D eigenvalue weighted by molar-refractivity contribution is 0.641. The van der Waals surface area contributed by atoms with Gasteiger partial charge in [0.1, 0.15) is 5.82 Å². The van der Waals surface area contributed by atoms with E-state index >= 15 is 0 Å². The van der Waals surface area contributed by atoms with E-state index in [0.29, 0.717) is 10.3 Å². The van der Waals surface area contributed by atoms with Crippen molar-refractivity contribution >= 4 is 21.4 Å². The fourth-order valence-electron chi connectivity index (χ4n) is 1.30. The summed E-state index contributed by atoms with van der Waals surface area (Å²) in [4.78, 5) is 1.06. The molecule has 0 spiro atoms. The maximum Gasteiger partial charge on any atom is 0.142 e. The minimum atomic E-state index is -0.299. The molecular formula is C10H6FNS. The van der Waals surface area contributed by atoms with Gasteiger partial charge in [0.2, 0.25) is 0 Å². The highest BCUT2D eigenvalue weighted by atomic mass is 32.1. The first kappa shape index (κ1) is 8.21. The van der Waals surface area contributed by atoms with Crippen LogP contribution in [0.1, 0.15) is 10.4 Å². The molecule has 0 aliphatic heterocycles. The number of hydrogen-bond acceptors (Lipinski definition) is 2. The highest BCUT2D eigenvalue weighted by Crippen LogP contribution is 2.28. The zero-order chi connectivity index (χ0) is 9.42. The van der Waals surface area contributed by atoms with Gasteiger partial charge >= 0.3 is 0 Å². The summed E-state index contributed by atoms with van der Waals surface area (Å²) in [6.45, 7) is 1.93. The van der Waals surface area contributed by atoms with Crippen LogP contribution in [-0.2, 0) is 0 Å². The quantitative estimate of drug-likeness (QED) is 0.627. The monoisotopic (exact) mass is 191 g/mol. The molecule has 0 fully saturated rings. The standard InChI is InChI=1S/C10H6FNS/c1-6-2-8-3-7(5-12)4-9(11)10(8)13-6/h2-4H,1H3. The van der Waals surface area contributed by atoms with E-state index in [1.165, 1.54) is 17.4 Å². The summed E-state index contributed by atoms with van der Waals surface area (Å²) in [5.74, 6) is -0.299. The molecule has 0 radical (unpaired) electrons. The molecule has 13 heavy (non-hydrogen) atoms. The number of aryl methyl sites for hydroxylation is 1. The molecule has 1 heterocycles. The highest BCUT2D eigenvalue weighted by molar-refractivity contribution is 7.19. The molecule has 0 bridgehead atoms. The minimum absolute atomic E-state index is 0.299. The average molecular weight is 191 g/mol. The summed E-state index contributed by atoms with van der Waals surface area (Å²) in [6.07, 6.45) is 0. The number of rotatable bonds is 0. The third-order valence-electron chi connectivity index (χ3n) is 1.82. The summed E-state index contributed by atoms with van der Waals surface area (Å²) >= 11 is 1.41. The van der Waals surface area contributed by atoms with E-state index in [2.05, 4.69) is 0 Å². The maximum absolute atomic E-state index is 13.3. The van der Waals surface area contributed by atoms with Crippen molar-refractivity contribution < 1.29 is 4.39 Å². The van der Waals surface area contributed by atoms with Gasteiger partial charge in [-0.05, 0) is 30.5 Å². The van der Waals surface area contributed by atoms with E-state index in [4.69, 9.17) is 5.26 Å². The minimum Gasteiger partial charge on any atom is -0.205 e. The summed E-state index contributed by atoms with van der Waals surface area (Å²) in [5, 5.41) is 9.43. The van der Waals surface area contributed by atoms with Crippen molar-refractivity contribution in [1.82, 2.24) is 0 Å². The zero-order valence-corrected chi connectivity index (χ0v) is 7.78. The van der Waals surface area contributed by atoms with E-state index in [-0.39, 0.29) is 5.82 Å². The normalized spacial score (nSPS) is 10.2. The largest absolute Gasteiger partial charge is 0.205 e. The molecule has 0 unspecified atom stereocenters. The van der Waals surface area contributed by atoms with Crippen molar-refractivity contribution in [2.24, 2.45) is 0 Å². The Balaban J connectivity index is 2.85. The second kappa shape index (κ2) is 2.82. The molecule has 2 rings (SSSR count). The van der Waals surface area contributed by atoms with Crippen LogP contribution in [0.15, 0.2) is 18.2 Å². The molecule has 64 valence electrons. The molecule has 0 aliphatic rings. The van der Waals surface area contributed by atoms with Crippen molar-refractivity contribution in [2.45, 2.75) is 6.92 Å². The van der Waals surface area contributed by atoms with E-state index in [9.17, 15) is 4.39 Å². The van der Waals surface area contributed by atoms with Crippen LogP contribution in [0.5, 0.6) is 0 Å². The van der Waals surface area contributed by atoms with Crippen LogP contribution in [0.2, 0.25) is 0 Å². The smallest absolute Gasteiger partial charge is 0.142 e. The van der Waals surface area contributed by atoms with Crippen molar-refractivity contribution in [3.63, 3.8) is 0 Å². The molecular weight excluding hydrogens is 185 g/mol. The molecule has 0 N–H and O–H groups in total. The van der Waals surface area contributed by atoms with E-state index < -0.39 is 0 Å². The lowest BCUT2D eigenvalue weighted by atomic mass is 10.2. The molecule has 2 aromatic rings. The predicted octanol–water partition coefficient (Wildman–Crippen LogP) is 3.22. The van der Waals surface area contributed by atoms with Crippen LogP contribution >= 0.6 is 11.3 Å². The molecule has 0 saturated heterocycles. The summed E-state index contributed by atoms with van der Waals surface area (Å²) in [6, 6.07) is 6.81. The van der Waals surface area contributed by atoms with E-state index in [0.717, 1.165) is 10.3 Å². The average Bonchev–Trinajstić information content (AvgIpc) is 2.46. The van der Waals surface area contributed by atoms with Gasteiger partial charge in [-0.3, -0.25) is 0 Å². The van der Waals surface area contributed by atoms with Gasteiger partial charge in [-0.15, -0.1) is 11.3 Å². The van der Waals surface area contributed by atoms with Gasteiger partial charge in [-0.2, -0.15) is 5.26 Å². The Labute approximate surface area is 79.0 Å². The van der Waals surface area contributed by atoms with Crippen molar-refractivity contribution in [1.29, 1.82) is 5.26 Å². The molecule has 0 amide bonds. The first-order valence-electron chi connectivity index (χ1n) is 3.80. The SMILES string of the molecule is Cc1cc2cc(C#N)cc(F)c2s1. The summed E-state index contributed by atoms with van der Waals surface area (Å²) in [7, 11) is 0. The van der Waals surface area contributed by atoms with Gasteiger partial charge in [-0.25, -0.2) is 4.39 Å². The van der Waals surface area contributed by atoms with Crippen LogP contribution in [0.3, 0.4) is 0 Å². The molecule has 3 heteroatoms. The third-order valence-corrected chi connectivity index (χ3v) is 2.90. The number of nitrogens with zero attached hydrogens (tertiary/aromatic N) is 1. The van der Waals surface area contributed by atoms with Gasteiger partial charge in [-0.1, -0.05) is 0 Å². The number of hydrogen-bond donors (Lipinski definition) is 0. The number of fused-ring (bicyclic) bond motifs is 1. The second-order valence-corrected chi connectivity index (χ2v) is 4.10. The highest BCUT2D eigenvalue weighted by Gasteiger charge is 2.06. The van der Waals surface area contributed by atoms with Gasteiger partial charge in [0.15, 0.2) is 0 Å². The molecule has 0 saturated carbocycles. The van der Waals surface area contributed by atoms with Gasteiger partial charge < -0.3 is 0 Å². The van der Waals surface area contributed by atoms with Crippen LogP contribution in [-0.4, -0.2) is 0 Å². The fourth-order valence-corrected chi connectivity index (χ4v) is 2.20. The Morgan fingerprint density at radius 2 is 2.15 bits per heavy atom. The molecule has 0 atom stereocenters. The third kappa shape index (κ3) is 1.30. The molecule has 0 aliphatic carbocycles. The Morgan fingerprint density at radius 3 is 2.85 bits per heavy atom. The van der Waals surface area contributed by atoms with Gasteiger partial charge in [0.05, 0.1) is 16.3 Å². The van der Waals surface area contributed by atoms with Crippen LogP contribution in [0.25, 0.3) is 10.1 Å². The second-order valence-electron chi connectivity index (χ2n) is 2.85. The lowest BCUT2D eigenvalue weighted by Gasteiger charge is -1.92.